The number of likely N-dealkylation sites (N-methyl/N-ethyl adjacent to an activating group) is 1. The Morgan fingerprint density at radius 1 is 0.972 bits per heavy atom. The fourth-order valence-corrected chi connectivity index (χ4v) is 4.66. The van der Waals surface area contributed by atoms with Crippen LogP contribution in [0.5, 0.6) is 11.5 Å². The van der Waals surface area contributed by atoms with E-state index in [1.807, 2.05) is 48.3 Å². The van der Waals surface area contributed by atoms with Crippen molar-refractivity contribution in [2.75, 3.05) is 27.2 Å². The number of benzene rings is 3. The van der Waals surface area contributed by atoms with Gasteiger partial charge in [0, 0.05) is 31.6 Å². The molecule has 1 heterocycles. The van der Waals surface area contributed by atoms with Crippen molar-refractivity contribution in [1.29, 1.82) is 0 Å². The molecule has 4 rings (SSSR count). The van der Waals surface area contributed by atoms with E-state index in [9.17, 15) is 18.0 Å². The number of carbonyl (C=O) groups is 1. The van der Waals surface area contributed by atoms with E-state index in [-0.39, 0.29) is 49.1 Å². The summed E-state index contributed by atoms with van der Waals surface area (Å²) in [6.45, 7) is 0.922. The highest BCUT2D eigenvalue weighted by Crippen LogP contribution is 2.34. The molecule has 192 valence electrons. The lowest BCUT2D eigenvalue weighted by Gasteiger charge is -2.43. The summed E-state index contributed by atoms with van der Waals surface area (Å²) in [7, 11) is 3.27. The van der Waals surface area contributed by atoms with Crippen LogP contribution < -0.4 is 9.47 Å². The van der Waals surface area contributed by atoms with Crippen molar-refractivity contribution >= 4 is 18.3 Å². The Hall–Kier alpha value is -3.23. The quantitative estimate of drug-likeness (QED) is 0.413. The Morgan fingerprint density at radius 2 is 1.56 bits per heavy atom. The van der Waals surface area contributed by atoms with Gasteiger partial charge in [0.1, 0.15) is 11.5 Å². The van der Waals surface area contributed by atoms with E-state index >= 15 is 0 Å². The average Bonchev–Trinajstić information content (AvgIpc) is 2.83. The number of hydrogen-bond acceptors (Lipinski definition) is 4. The smallest absolute Gasteiger partial charge is 0.496 e. The number of hydrogen-bond donors (Lipinski definition) is 0. The number of alkyl halides is 3. The van der Waals surface area contributed by atoms with E-state index in [0.29, 0.717) is 17.9 Å². The van der Waals surface area contributed by atoms with Crippen molar-refractivity contribution in [3.63, 3.8) is 0 Å². The summed E-state index contributed by atoms with van der Waals surface area (Å²) < 4.78 is 47.7. The van der Waals surface area contributed by atoms with Gasteiger partial charge in [0.15, 0.2) is 0 Å². The molecular weight excluding hydrogens is 493 g/mol. The van der Waals surface area contributed by atoms with E-state index < -0.39 is 6.36 Å². The van der Waals surface area contributed by atoms with Crippen molar-refractivity contribution < 1.29 is 27.4 Å². The van der Waals surface area contributed by atoms with Gasteiger partial charge >= 0.3 is 6.36 Å². The third-order valence-electron chi connectivity index (χ3n) is 6.28. The second-order valence-electron chi connectivity index (χ2n) is 8.56. The minimum Gasteiger partial charge on any atom is -0.496 e. The van der Waals surface area contributed by atoms with Gasteiger partial charge in [-0.25, -0.2) is 0 Å². The normalized spacial score (nSPS) is 16.6. The van der Waals surface area contributed by atoms with Gasteiger partial charge < -0.3 is 14.4 Å². The maximum Gasteiger partial charge on any atom is 0.573 e. The summed E-state index contributed by atoms with van der Waals surface area (Å²) >= 11 is 0. The van der Waals surface area contributed by atoms with Gasteiger partial charge in [-0.15, -0.1) is 25.6 Å². The van der Waals surface area contributed by atoms with Gasteiger partial charge in [-0.1, -0.05) is 60.7 Å². The summed E-state index contributed by atoms with van der Waals surface area (Å²) in [6.07, 6.45) is -4.79. The van der Waals surface area contributed by atoms with Gasteiger partial charge in [-0.3, -0.25) is 9.69 Å². The molecule has 1 atom stereocenters. The molecule has 0 N–H and O–H groups in total. The van der Waals surface area contributed by atoms with Gasteiger partial charge in [0.25, 0.3) is 0 Å². The van der Waals surface area contributed by atoms with Crippen molar-refractivity contribution in [3.05, 3.63) is 95.6 Å². The van der Waals surface area contributed by atoms with E-state index in [2.05, 4.69) is 29.0 Å². The number of carbonyl (C=O) groups excluding carboxylic acids is 1. The number of nitrogens with zero attached hydrogens (tertiary/aromatic N) is 2. The molecule has 1 amide bonds. The molecule has 3 aromatic rings. The maximum atomic E-state index is 13.1. The Bertz CT molecular complexity index is 1110. The van der Waals surface area contributed by atoms with Crippen molar-refractivity contribution in [2.24, 2.45) is 0 Å². The number of ether oxygens (including phenoxy) is 2. The summed E-state index contributed by atoms with van der Waals surface area (Å²) in [5.41, 5.74) is 2.69. The van der Waals surface area contributed by atoms with E-state index in [0.717, 1.165) is 11.1 Å². The van der Waals surface area contributed by atoms with Crippen LogP contribution in [0.1, 0.15) is 22.6 Å². The van der Waals surface area contributed by atoms with Crippen molar-refractivity contribution in [2.45, 2.75) is 24.9 Å². The number of methoxy groups -OCH3 is 1. The molecule has 0 aliphatic carbocycles. The monoisotopic (exact) mass is 520 g/mol. The lowest BCUT2D eigenvalue weighted by atomic mass is 9.83. The molecule has 0 bridgehead atoms. The summed E-state index contributed by atoms with van der Waals surface area (Å²) in [5, 5.41) is 0. The zero-order valence-corrected chi connectivity index (χ0v) is 20.8. The van der Waals surface area contributed by atoms with E-state index in [4.69, 9.17) is 4.74 Å². The molecule has 1 unspecified atom stereocenters. The first-order valence-electron chi connectivity index (χ1n) is 11.3. The maximum absolute atomic E-state index is 13.1. The second-order valence-corrected chi connectivity index (χ2v) is 8.56. The lowest BCUT2D eigenvalue weighted by Crippen LogP contribution is -2.56. The first kappa shape index (κ1) is 27.4. The molecule has 0 saturated carbocycles. The van der Waals surface area contributed by atoms with E-state index in [1.165, 1.54) is 25.3 Å². The van der Waals surface area contributed by atoms with Crippen molar-refractivity contribution in [1.82, 2.24) is 9.80 Å². The predicted molar refractivity (Wildman–Crippen MR) is 133 cm³/mol. The first-order chi connectivity index (χ1) is 16.7. The molecule has 3 aromatic carbocycles. The fraction of sp³-hybridized carbons (Fsp3) is 0.296. The highest BCUT2D eigenvalue weighted by molar-refractivity contribution is 5.85. The zero-order chi connectivity index (χ0) is 25.0. The van der Waals surface area contributed by atoms with Gasteiger partial charge in [0.05, 0.1) is 19.7 Å². The predicted octanol–water partition coefficient (Wildman–Crippen LogP) is 5.49. The first-order valence-corrected chi connectivity index (χ1v) is 11.3. The Labute approximate surface area is 214 Å². The highest BCUT2D eigenvalue weighted by Gasteiger charge is 2.37. The molecule has 0 spiro atoms. The largest absolute Gasteiger partial charge is 0.573 e. The minimum absolute atomic E-state index is 0. The molecular formula is C27H28ClF3N2O3. The molecule has 5 nitrogen and oxygen atoms in total. The molecule has 36 heavy (non-hydrogen) atoms. The van der Waals surface area contributed by atoms with Crippen LogP contribution in [0, 0.1) is 0 Å². The minimum atomic E-state index is -4.79. The van der Waals surface area contributed by atoms with Gasteiger partial charge in [-0.05, 0) is 29.3 Å². The summed E-state index contributed by atoms with van der Waals surface area (Å²) in [5.74, 6) is -0.0161. The average molecular weight is 521 g/mol. The molecule has 1 saturated heterocycles. The molecule has 0 radical (unpaired) electrons. The number of rotatable bonds is 7. The summed E-state index contributed by atoms with van der Waals surface area (Å²) in [6, 6.07) is 23.8. The molecule has 1 fully saturated rings. The number of halogens is 4. The van der Waals surface area contributed by atoms with Gasteiger partial charge in [0.2, 0.25) is 5.91 Å². The molecule has 1 aliphatic heterocycles. The van der Waals surface area contributed by atoms with Crippen LogP contribution in [0.15, 0.2) is 78.9 Å². The van der Waals surface area contributed by atoms with Crippen molar-refractivity contribution in [3.8, 4) is 11.5 Å². The van der Waals surface area contributed by atoms with Crippen LogP contribution in [0.25, 0.3) is 0 Å². The van der Waals surface area contributed by atoms with Crippen LogP contribution >= 0.6 is 12.4 Å². The second kappa shape index (κ2) is 11.7. The summed E-state index contributed by atoms with van der Waals surface area (Å²) in [4.78, 5) is 16.8. The van der Waals surface area contributed by atoms with Crippen LogP contribution in [-0.4, -0.2) is 55.4 Å². The standard InChI is InChI=1S/C27H27F3N2O3.ClH/c1-31-23(26(19-9-5-3-6-10-19)20-11-7-4-8-12-20)17-32(18-25(31)33)16-21-15-22(35-27(28,29)30)13-14-24(21)34-2;/h3-15,23,26H,16-18H2,1-2H3;1H. The Morgan fingerprint density at radius 3 is 2.08 bits per heavy atom. The van der Waals surface area contributed by atoms with Crippen LogP contribution in [-0.2, 0) is 11.3 Å². The number of piperazine rings is 1. The topological polar surface area (TPSA) is 42.0 Å². The third-order valence-corrected chi connectivity index (χ3v) is 6.28. The Kier molecular flexibility index (Phi) is 8.87. The SMILES string of the molecule is COc1ccc(OC(F)(F)F)cc1CN1CC(=O)N(C)C(C(c2ccccc2)c2ccccc2)C1.Cl. The highest BCUT2D eigenvalue weighted by atomic mass is 35.5. The molecule has 9 heteroatoms. The van der Waals surface area contributed by atoms with Crippen LogP contribution in [0.3, 0.4) is 0 Å². The zero-order valence-electron chi connectivity index (χ0n) is 19.9. The Balaban J connectivity index is 0.00000361. The fourth-order valence-electron chi connectivity index (χ4n) is 4.66. The lowest BCUT2D eigenvalue weighted by molar-refractivity contribution is -0.274. The van der Waals surface area contributed by atoms with Crippen LogP contribution in [0.2, 0.25) is 0 Å². The van der Waals surface area contributed by atoms with Crippen LogP contribution in [0.4, 0.5) is 13.2 Å². The molecule has 0 aromatic heterocycles. The number of amides is 1. The van der Waals surface area contributed by atoms with E-state index in [1.54, 1.807) is 4.90 Å². The molecule has 1 aliphatic rings. The van der Waals surface area contributed by atoms with Gasteiger partial charge in [-0.2, -0.15) is 0 Å². The third kappa shape index (κ3) is 6.50.